The second kappa shape index (κ2) is 6.98. The van der Waals surface area contributed by atoms with Crippen LogP contribution in [0.5, 0.6) is 0 Å². The van der Waals surface area contributed by atoms with Crippen LogP contribution in [0, 0.1) is 0 Å². The first-order chi connectivity index (χ1) is 11.7. The Morgan fingerprint density at radius 3 is 3.00 bits per heavy atom. The topological polar surface area (TPSA) is 32.3 Å². The maximum Gasteiger partial charge on any atom is 0.261 e. The van der Waals surface area contributed by atoms with E-state index in [1.54, 1.807) is 11.3 Å². The monoisotopic (exact) mass is 360 g/mol. The lowest BCUT2D eigenvalue weighted by molar-refractivity contribution is 0.0936. The van der Waals surface area contributed by atoms with E-state index in [1.165, 1.54) is 33.7 Å². The summed E-state index contributed by atoms with van der Waals surface area (Å²) in [4.78, 5) is 18.8. The first-order valence-corrected chi connectivity index (χ1v) is 10.6. The minimum absolute atomic E-state index is 0.106. The molecular formula is C19H24N2OS2. The summed E-state index contributed by atoms with van der Waals surface area (Å²) in [5, 5.41) is 5.35. The highest BCUT2D eigenvalue weighted by molar-refractivity contribution is 7.14. The summed E-state index contributed by atoms with van der Waals surface area (Å²) >= 11 is 3.57. The van der Waals surface area contributed by atoms with E-state index in [4.69, 9.17) is 0 Å². The van der Waals surface area contributed by atoms with Crippen molar-refractivity contribution in [2.75, 3.05) is 13.1 Å². The fourth-order valence-corrected chi connectivity index (χ4v) is 5.77. The van der Waals surface area contributed by atoms with Crippen molar-refractivity contribution >= 4 is 28.6 Å². The zero-order chi connectivity index (χ0) is 16.5. The molecule has 1 amide bonds. The molecule has 2 aromatic rings. The molecule has 0 saturated heterocycles. The molecule has 0 fully saturated rings. The number of nitrogens with one attached hydrogen (secondary N) is 1. The van der Waals surface area contributed by atoms with Crippen LogP contribution in [0.4, 0.5) is 0 Å². The van der Waals surface area contributed by atoms with E-state index in [1.807, 2.05) is 11.3 Å². The SMILES string of the molecule is CC(CNC(=O)c1cc2c(s1)CCCC2)N1CCc2sccc2C1. The van der Waals surface area contributed by atoms with Gasteiger partial charge in [0.25, 0.3) is 5.91 Å². The Bertz CT molecular complexity index is 710. The van der Waals surface area contributed by atoms with Gasteiger partial charge in [-0.15, -0.1) is 22.7 Å². The largest absolute Gasteiger partial charge is 0.350 e. The van der Waals surface area contributed by atoms with Crippen LogP contribution in [0.1, 0.15) is 50.3 Å². The zero-order valence-electron chi connectivity index (χ0n) is 14.1. The Kier molecular flexibility index (Phi) is 4.74. The molecule has 5 heteroatoms. The average Bonchev–Trinajstić information content (AvgIpc) is 3.24. The Morgan fingerprint density at radius 1 is 1.25 bits per heavy atom. The van der Waals surface area contributed by atoms with E-state index in [9.17, 15) is 4.79 Å². The second-order valence-corrected chi connectivity index (χ2v) is 9.05. The lowest BCUT2D eigenvalue weighted by Gasteiger charge is -2.32. The van der Waals surface area contributed by atoms with Gasteiger partial charge in [-0.1, -0.05) is 0 Å². The van der Waals surface area contributed by atoms with Crippen LogP contribution in [0.3, 0.4) is 0 Å². The van der Waals surface area contributed by atoms with Crippen molar-refractivity contribution in [2.45, 2.75) is 51.6 Å². The predicted molar refractivity (Wildman–Crippen MR) is 101 cm³/mol. The van der Waals surface area contributed by atoms with Gasteiger partial charge in [0.15, 0.2) is 0 Å². The van der Waals surface area contributed by atoms with Crippen molar-refractivity contribution in [1.82, 2.24) is 10.2 Å². The molecule has 1 aliphatic carbocycles. The summed E-state index contributed by atoms with van der Waals surface area (Å²) in [6, 6.07) is 4.74. The van der Waals surface area contributed by atoms with Gasteiger partial charge < -0.3 is 5.32 Å². The summed E-state index contributed by atoms with van der Waals surface area (Å²) in [6.45, 7) is 5.05. The van der Waals surface area contributed by atoms with Crippen LogP contribution < -0.4 is 5.32 Å². The van der Waals surface area contributed by atoms with E-state index in [2.05, 4.69) is 34.7 Å². The summed E-state index contributed by atoms with van der Waals surface area (Å²) < 4.78 is 0. The Labute approximate surface area is 151 Å². The molecule has 2 aromatic heterocycles. The van der Waals surface area contributed by atoms with Gasteiger partial charge in [-0.3, -0.25) is 9.69 Å². The predicted octanol–water partition coefficient (Wildman–Crippen LogP) is 3.87. The highest BCUT2D eigenvalue weighted by atomic mass is 32.1. The van der Waals surface area contributed by atoms with Gasteiger partial charge in [-0.2, -0.15) is 0 Å². The quantitative estimate of drug-likeness (QED) is 0.898. The lowest BCUT2D eigenvalue weighted by Crippen LogP contribution is -2.44. The minimum Gasteiger partial charge on any atom is -0.350 e. The molecule has 3 nitrogen and oxygen atoms in total. The van der Waals surface area contributed by atoms with Crippen molar-refractivity contribution in [3.05, 3.63) is 43.3 Å². The molecule has 0 saturated carbocycles. The number of rotatable bonds is 4. The molecule has 1 aliphatic heterocycles. The Balaban J connectivity index is 1.33. The number of carbonyl (C=O) groups excluding carboxylic acids is 1. The number of thiophene rings is 2. The maximum absolute atomic E-state index is 12.5. The van der Waals surface area contributed by atoms with Crippen molar-refractivity contribution in [2.24, 2.45) is 0 Å². The summed E-state index contributed by atoms with van der Waals surface area (Å²) in [5.74, 6) is 0.106. The molecule has 24 heavy (non-hydrogen) atoms. The fraction of sp³-hybridized carbons (Fsp3) is 0.526. The second-order valence-electron chi connectivity index (χ2n) is 6.91. The van der Waals surface area contributed by atoms with E-state index < -0.39 is 0 Å². The van der Waals surface area contributed by atoms with Crippen LogP contribution in [-0.2, 0) is 25.8 Å². The van der Waals surface area contributed by atoms with Gasteiger partial charge in [0.2, 0.25) is 0 Å². The number of hydrogen-bond acceptors (Lipinski definition) is 4. The zero-order valence-corrected chi connectivity index (χ0v) is 15.8. The summed E-state index contributed by atoms with van der Waals surface area (Å²) in [5.41, 5.74) is 2.88. The number of fused-ring (bicyclic) bond motifs is 2. The molecule has 3 heterocycles. The van der Waals surface area contributed by atoms with Gasteiger partial charge >= 0.3 is 0 Å². The van der Waals surface area contributed by atoms with Crippen molar-refractivity contribution < 1.29 is 4.79 Å². The van der Waals surface area contributed by atoms with Crippen molar-refractivity contribution in [3.8, 4) is 0 Å². The van der Waals surface area contributed by atoms with Gasteiger partial charge in [0, 0.05) is 35.4 Å². The van der Waals surface area contributed by atoms with E-state index >= 15 is 0 Å². The molecule has 0 aromatic carbocycles. The van der Waals surface area contributed by atoms with Gasteiger partial charge in [-0.25, -0.2) is 0 Å². The number of aryl methyl sites for hydroxylation is 2. The number of amides is 1. The smallest absolute Gasteiger partial charge is 0.261 e. The normalized spacial score (nSPS) is 18.7. The summed E-state index contributed by atoms with van der Waals surface area (Å²) in [6.07, 6.45) is 5.97. The molecule has 0 spiro atoms. The van der Waals surface area contributed by atoms with Crippen LogP contribution in [0.2, 0.25) is 0 Å². The highest BCUT2D eigenvalue weighted by Crippen LogP contribution is 2.29. The maximum atomic E-state index is 12.5. The third kappa shape index (κ3) is 3.30. The standard InChI is InChI=1S/C19H24N2OS2/c1-13(21-8-6-16-15(12-21)7-9-23-16)11-20-19(22)18-10-14-4-2-3-5-17(14)24-18/h7,9-10,13H,2-6,8,11-12H2,1H3,(H,20,22). The highest BCUT2D eigenvalue weighted by Gasteiger charge is 2.22. The molecule has 2 aliphatic rings. The van der Waals surface area contributed by atoms with E-state index in [-0.39, 0.29) is 5.91 Å². The minimum atomic E-state index is 0.106. The first-order valence-electron chi connectivity index (χ1n) is 8.90. The third-order valence-corrected chi connectivity index (χ3v) is 7.50. The molecule has 0 radical (unpaired) electrons. The first kappa shape index (κ1) is 16.3. The van der Waals surface area contributed by atoms with Crippen LogP contribution in [-0.4, -0.2) is 29.9 Å². The molecule has 1 unspecified atom stereocenters. The Hall–Kier alpha value is -1.17. The third-order valence-electron chi connectivity index (χ3n) is 5.24. The lowest BCUT2D eigenvalue weighted by atomic mass is 9.99. The number of carbonyl (C=O) groups is 1. The molecule has 0 bridgehead atoms. The van der Waals surface area contributed by atoms with Crippen LogP contribution >= 0.6 is 22.7 Å². The van der Waals surface area contributed by atoms with Gasteiger partial charge in [0.1, 0.15) is 0 Å². The van der Waals surface area contributed by atoms with Gasteiger partial charge in [0.05, 0.1) is 4.88 Å². The average molecular weight is 361 g/mol. The van der Waals surface area contributed by atoms with Crippen molar-refractivity contribution in [1.29, 1.82) is 0 Å². The molecular weight excluding hydrogens is 336 g/mol. The van der Waals surface area contributed by atoms with Gasteiger partial charge in [-0.05, 0) is 67.7 Å². The Morgan fingerprint density at radius 2 is 2.12 bits per heavy atom. The number of nitrogens with zero attached hydrogens (tertiary/aromatic N) is 1. The molecule has 128 valence electrons. The van der Waals surface area contributed by atoms with E-state index in [0.29, 0.717) is 6.04 Å². The molecule has 1 N–H and O–H groups in total. The fourth-order valence-electron chi connectivity index (χ4n) is 3.71. The summed E-state index contributed by atoms with van der Waals surface area (Å²) in [7, 11) is 0. The molecule has 4 rings (SSSR count). The van der Waals surface area contributed by atoms with E-state index in [0.717, 1.165) is 43.8 Å². The van der Waals surface area contributed by atoms with Crippen molar-refractivity contribution in [3.63, 3.8) is 0 Å². The van der Waals surface area contributed by atoms with Crippen LogP contribution in [0.15, 0.2) is 17.5 Å². The van der Waals surface area contributed by atoms with Crippen LogP contribution in [0.25, 0.3) is 0 Å². The molecule has 1 atom stereocenters. The number of hydrogen-bond donors (Lipinski definition) is 1.